The summed E-state index contributed by atoms with van der Waals surface area (Å²) in [5.41, 5.74) is 0.399. The van der Waals surface area contributed by atoms with E-state index >= 15 is 0 Å². The molecule has 7 heteroatoms. The van der Waals surface area contributed by atoms with Crippen molar-refractivity contribution < 1.29 is 13.2 Å². The maximum absolute atomic E-state index is 12.6. The minimum Gasteiger partial charge on any atom is -0.355 e. The van der Waals surface area contributed by atoms with E-state index in [0.717, 1.165) is 12.8 Å². The van der Waals surface area contributed by atoms with Crippen molar-refractivity contribution in [2.75, 3.05) is 13.1 Å². The SMILES string of the molecule is CCNC(=O)CN(C1CC1)S(=O)(=O)c1ccc(C#N)cc1. The van der Waals surface area contributed by atoms with E-state index in [1.165, 1.54) is 28.6 Å². The van der Waals surface area contributed by atoms with Crippen molar-refractivity contribution in [3.05, 3.63) is 29.8 Å². The highest BCUT2D eigenvalue weighted by atomic mass is 32.2. The number of carbonyl (C=O) groups is 1. The number of rotatable bonds is 6. The van der Waals surface area contributed by atoms with Gasteiger partial charge in [-0.3, -0.25) is 4.79 Å². The van der Waals surface area contributed by atoms with Crippen LogP contribution in [0.2, 0.25) is 0 Å². The van der Waals surface area contributed by atoms with E-state index in [1.807, 2.05) is 6.07 Å². The fourth-order valence-electron chi connectivity index (χ4n) is 2.00. The first-order valence-corrected chi connectivity index (χ1v) is 8.21. The molecule has 1 fully saturated rings. The third-order valence-corrected chi connectivity index (χ3v) is 5.13. The molecule has 1 aliphatic carbocycles. The summed E-state index contributed by atoms with van der Waals surface area (Å²) in [5, 5.41) is 11.4. The third-order valence-electron chi connectivity index (χ3n) is 3.22. The Labute approximate surface area is 124 Å². The van der Waals surface area contributed by atoms with Gasteiger partial charge in [-0.05, 0) is 44.0 Å². The third kappa shape index (κ3) is 3.60. The maximum atomic E-state index is 12.6. The summed E-state index contributed by atoms with van der Waals surface area (Å²) in [5.74, 6) is -0.304. The summed E-state index contributed by atoms with van der Waals surface area (Å²) in [6.07, 6.45) is 1.55. The van der Waals surface area contributed by atoms with Crippen LogP contribution >= 0.6 is 0 Å². The van der Waals surface area contributed by atoms with Gasteiger partial charge >= 0.3 is 0 Å². The molecule has 0 heterocycles. The summed E-state index contributed by atoms with van der Waals surface area (Å²) >= 11 is 0. The fourth-order valence-corrected chi connectivity index (χ4v) is 3.65. The molecule has 0 saturated heterocycles. The average molecular weight is 307 g/mol. The van der Waals surface area contributed by atoms with Crippen LogP contribution in [0, 0.1) is 11.3 Å². The second-order valence-corrected chi connectivity index (χ2v) is 6.76. The van der Waals surface area contributed by atoms with Crippen LogP contribution in [-0.4, -0.2) is 37.8 Å². The molecule has 1 saturated carbocycles. The maximum Gasteiger partial charge on any atom is 0.243 e. The number of nitrogens with one attached hydrogen (secondary N) is 1. The standard InChI is InChI=1S/C14H17N3O3S/c1-2-16-14(18)10-17(12-5-6-12)21(19,20)13-7-3-11(9-15)4-8-13/h3-4,7-8,12H,2,5-6,10H2,1H3,(H,16,18). The predicted molar refractivity (Wildman–Crippen MR) is 76.8 cm³/mol. The van der Waals surface area contributed by atoms with Crippen molar-refractivity contribution in [2.45, 2.75) is 30.7 Å². The van der Waals surface area contributed by atoms with Crippen LogP contribution in [0.25, 0.3) is 0 Å². The number of benzene rings is 1. The summed E-state index contributed by atoms with van der Waals surface area (Å²) in [6.45, 7) is 2.09. The topological polar surface area (TPSA) is 90.3 Å². The van der Waals surface area contributed by atoms with Gasteiger partial charge in [-0.15, -0.1) is 0 Å². The lowest BCUT2D eigenvalue weighted by atomic mass is 10.2. The van der Waals surface area contributed by atoms with Crippen molar-refractivity contribution >= 4 is 15.9 Å². The van der Waals surface area contributed by atoms with Crippen molar-refractivity contribution in [3.8, 4) is 6.07 Å². The Balaban J connectivity index is 2.25. The second kappa shape index (κ2) is 6.24. The van der Waals surface area contributed by atoms with Gasteiger partial charge in [-0.1, -0.05) is 0 Å². The Hall–Kier alpha value is -1.91. The Kier molecular flexibility index (Phi) is 4.60. The van der Waals surface area contributed by atoms with Gasteiger partial charge in [0.25, 0.3) is 0 Å². The summed E-state index contributed by atoms with van der Waals surface area (Å²) in [6, 6.07) is 7.58. The molecule has 1 aromatic carbocycles. The van der Waals surface area contributed by atoms with Gasteiger partial charge in [-0.2, -0.15) is 9.57 Å². The molecule has 0 radical (unpaired) electrons. The van der Waals surface area contributed by atoms with Crippen LogP contribution in [0.3, 0.4) is 0 Å². The fraction of sp³-hybridized carbons (Fsp3) is 0.429. The molecule has 0 atom stereocenters. The molecular formula is C14H17N3O3S. The van der Waals surface area contributed by atoms with Crippen LogP contribution in [0.15, 0.2) is 29.2 Å². The molecule has 0 bridgehead atoms. The van der Waals surface area contributed by atoms with E-state index in [1.54, 1.807) is 6.92 Å². The Morgan fingerprint density at radius 2 is 2.00 bits per heavy atom. The lowest BCUT2D eigenvalue weighted by molar-refractivity contribution is -0.121. The molecule has 1 N–H and O–H groups in total. The number of amides is 1. The van der Waals surface area contributed by atoms with Crippen molar-refractivity contribution in [1.29, 1.82) is 5.26 Å². The lowest BCUT2D eigenvalue weighted by Gasteiger charge is -2.21. The van der Waals surface area contributed by atoms with Crippen molar-refractivity contribution in [1.82, 2.24) is 9.62 Å². The molecule has 1 aromatic rings. The smallest absolute Gasteiger partial charge is 0.243 e. The molecule has 21 heavy (non-hydrogen) atoms. The Morgan fingerprint density at radius 1 is 1.38 bits per heavy atom. The molecule has 6 nitrogen and oxygen atoms in total. The van der Waals surface area contributed by atoms with Crippen molar-refractivity contribution in [2.24, 2.45) is 0 Å². The quantitative estimate of drug-likeness (QED) is 0.843. The number of hydrogen-bond donors (Lipinski definition) is 1. The van der Waals surface area contributed by atoms with E-state index in [2.05, 4.69) is 5.32 Å². The Morgan fingerprint density at radius 3 is 2.48 bits per heavy atom. The number of hydrogen-bond acceptors (Lipinski definition) is 4. The molecule has 0 spiro atoms. The molecule has 112 valence electrons. The van der Waals surface area contributed by atoms with Crippen LogP contribution in [-0.2, 0) is 14.8 Å². The van der Waals surface area contributed by atoms with Crippen LogP contribution < -0.4 is 5.32 Å². The largest absolute Gasteiger partial charge is 0.355 e. The normalized spacial score (nSPS) is 14.7. The van der Waals surface area contributed by atoms with Crippen LogP contribution in [0.1, 0.15) is 25.3 Å². The highest BCUT2D eigenvalue weighted by Crippen LogP contribution is 2.31. The average Bonchev–Trinajstić information content (AvgIpc) is 3.29. The first kappa shape index (κ1) is 15.5. The number of likely N-dealkylation sites (N-methyl/N-ethyl adjacent to an activating group) is 1. The van der Waals surface area contributed by atoms with Gasteiger partial charge in [0.1, 0.15) is 0 Å². The monoisotopic (exact) mass is 307 g/mol. The first-order valence-electron chi connectivity index (χ1n) is 6.77. The van der Waals surface area contributed by atoms with Gasteiger partial charge in [0, 0.05) is 12.6 Å². The second-order valence-electron chi connectivity index (χ2n) is 4.87. The highest BCUT2D eigenvalue weighted by Gasteiger charge is 2.39. The lowest BCUT2D eigenvalue weighted by Crippen LogP contribution is -2.41. The molecule has 0 aliphatic heterocycles. The molecule has 1 aliphatic rings. The zero-order chi connectivity index (χ0) is 15.5. The van der Waals surface area contributed by atoms with E-state index < -0.39 is 10.0 Å². The van der Waals surface area contributed by atoms with Gasteiger partial charge in [0.15, 0.2) is 0 Å². The van der Waals surface area contributed by atoms with Crippen LogP contribution in [0.5, 0.6) is 0 Å². The van der Waals surface area contributed by atoms with Gasteiger partial charge in [0.05, 0.1) is 23.1 Å². The minimum atomic E-state index is -3.71. The number of nitriles is 1. The van der Waals surface area contributed by atoms with E-state index in [4.69, 9.17) is 5.26 Å². The van der Waals surface area contributed by atoms with Crippen molar-refractivity contribution in [3.63, 3.8) is 0 Å². The molecule has 0 aromatic heterocycles. The zero-order valence-corrected chi connectivity index (χ0v) is 12.6. The first-order chi connectivity index (χ1) is 9.98. The van der Waals surface area contributed by atoms with E-state index in [9.17, 15) is 13.2 Å². The number of nitrogens with zero attached hydrogens (tertiary/aromatic N) is 2. The number of carbonyl (C=O) groups excluding carboxylic acids is 1. The Bertz CT molecular complexity index is 658. The number of sulfonamides is 1. The predicted octanol–water partition coefficient (Wildman–Crippen LogP) is 0.847. The summed E-state index contributed by atoms with van der Waals surface area (Å²) in [4.78, 5) is 11.8. The molecular weight excluding hydrogens is 290 g/mol. The summed E-state index contributed by atoms with van der Waals surface area (Å²) in [7, 11) is -3.71. The van der Waals surface area contributed by atoms with E-state index in [-0.39, 0.29) is 23.4 Å². The molecule has 0 unspecified atom stereocenters. The van der Waals surface area contributed by atoms with E-state index in [0.29, 0.717) is 12.1 Å². The van der Waals surface area contributed by atoms with Gasteiger partial charge in [0.2, 0.25) is 15.9 Å². The zero-order valence-electron chi connectivity index (χ0n) is 11.7. The van der Waals surface area contributed by atoms with Crippen LogP contribution in [0.4, 0.5) is 0 Å². The van der Waals surface area contributed by atoms with Gasteiger partial charge in [-0.25, -0.2) is 8.42 Å². The molecule has 1 amide bonds. The highest BCUT2D eigenvalue weighted by molar-refractivity contribution is 7.89. The molecule has 2 rings (SSSR count). The van der Waals surface area contributed by atoms with Gasteiger partial charge < -0.3 is 5.32 Å². The summed E-state index contributed by atoms with van der Waals surface area (Å²) < 4.78 is 26.5. The minimum absolute atomic E-state index is 0.103.